The molecule has 8 nitrogen and oxygen atoms in total. The van der Waals surface area contributed by atoms with Gasteiger partial charge < -0.3 is 14.2 Å². The van der Waals surface area contributed by atoms with Crippen molar-refractivity contribution < 1.29 is 28.7 Å². The van der Waals surface area contributed by atoms with Crippen LogP contribution < -0.4 is 4.74 Å². The van der Waals surface area contributed by atoms with Crippen LogP contribution in [0.15, 0.2) is 24.3 Å². The normalized spacial score (nSPS) is 11.3. The summed E-state index contributed by atoms with van der Waals surface area (Å²) in [6, 6.07) is 4.94. The molecule has 8 heteroatoms. The van der Waals surface area contributed by atoms with E-state index in [1.807, 2.05) is 0 Å². The van der Waals surface area contributed by atoms with E-state index in [1.54, 1.807) is 6.92 Å². The monoisotopic (exact) mass is 283 g/mol. The molecule has 0 aliphatic rings. The second-order valence-corrected chi connectivity index (χ2v) is 3.83. The molecule has 0 fully saturated rings. The Balaban J connectivity index is 2.42. The Morgan fingerprint density at radius 2 is 1.90 bits per heavy atom. The van der Waals surface area contributed by atoms with E-state index in [4.69, 9.17) is 14.2 Å². The molecule has 1 aromatic rings. The van der Waals surface area contributed by atoms with Crippen LogP contribution in [0.1, 0.15) is 13.8 Å². The SMILES string of the molecule is CC(=O)OC(C)COC(=O)Oc1ccc([N+](=O)[O-])cc1. The van der Waals surface area contributed by atoms with Gasteiger partial charge in [-0.25, -0.2) is 4.79 Å². The summed E-state index contributed by atoms with van der Waals surface area (Å²) in [7, 11) is 0. The second kappa shape index (κ2) is 7.07. The maximum Gasteiger partial charge on any atom is 0.513 e. The smallest absolute Gasteiger partial charge is 0.459 e. The summed E-state index contributed by atoms with van der Waals surface area (Å²) in [5, 5.41) is 10.4. The van der Waals surface area contributed by atoms with E-state index in [2.05, 4.69) is 0 Å². The highest BCUT2D eigenvalue weighted by molar-refractivity contribution is 5.66. The number of hydrogen-bond acceptors (Lipinski definition) is 7. The van der Waals surface area contributed by atoms with Crippen molar-refractivity contribution in [2.24, 2.45) is 0 Å². The lowest BCUT2D eigenvalue weighted by Gasteiger charge is -2.11. The Kier molecular flexibility index (Phi) is 5.45. The van der Waals surface area contributed by atoms with Gasteiger partial charge in [0.25, 0.3) is 5.69 Å². The molecule has 0 radical (unpaired) electrons. The predicted octanol–water partition coefficient (Wildman–Crippen LogP) is 2.06. The summed E-state index contributed by atoms with van der Waals surface area (Å²) in [6.45, 7) is 2.65. The molecule has 0 aliphatic heterocycles. The number of hydrogen-bond donors (Lipinski definition) is 0. The first-order chi connectivity index (χ1) is 9.38. The molecule has 0 saturated carbocycles. The second-order valence-electron chi connectivity index (χ2n) is 3.83. The van der Waals surface area contributed by atoms with Crippen molar-refractivity contribution in [1.29, 1.82) is 0 Å². The Labute approximate surface area is 114 Å². The number of rotatable bonds is 5. The largest absolute Gasteiger partial charge is 0.513 e. The van der Waals surface area contributed by atoms with Gasteiger partial charge in [0.1, 0.15) is 18.5 Å². The Hall–Kier alpha value is -2.64. The Morgan fingerprint density at radius 3 is 2.40 bits per heavy atom. The van der Waals surface area contributed by atoms with E-state index < -0.39 is 23.2 Å². The zero-order valence-electron chi connectivity index (χ0n) is 10.9. The van der Waals surface area contributed by atoms with Crippen LogP contribution in [0.25, 0.3) is 0 Å². The van der Waals surface area contributed by atoms with Gasteiger partial charge in [0.2, 0.25) is 0 Å². The summed E-state index contributed by atoms with van der Waals surface area (Å²) in [5.41, 5.74) is -0.116. The van der Waals surface area contributed by atoms with Gasteiger partial charge in [-0.3, -0.25) is 14.9 Å². The van der Waals surface area contributed by atoms with E-state index in [1.165, 1.54) is 31.2 Å². The fourth-order valence-electron chi connectivity index (χ4n) is 1.26. The third-order valence-corrected chi connectivity index (χ3v) is 2.05. The number of carbonyl (C=O) groups is 2. The highest BCUT2D eigenvalue weighted by Crippen LogP contribution is 2.17. The molecule has 20 heavy (non-hydrogen) atoms. The highest BCUT2D eigenvalue weighted by atomic mass is 16.7. The van der Waals surface area contributed by atoms with E-state index in [-0.39, 0.29) is 18.0 Å². The molecule has 0 bridgehead atoms. The molecule has 0 amide bonds. The summed E-state index contributed by atoms with van der Waals surface area (Å²) < 4.78 is 14.2. The molecule has 0 N–H and O–H groups in total. The molecule has 1 rings (SSSR count). The van der Waals surface area contributed by atoms with Gasteiger partial charge in [-0.15, -0.1) is 0 Å². The number of esters is 1. The summed E-state index contributed by atoms with van der Waals surface area (Å²) in [6.07, 6.45) is -1.57. The van der Waals surface area contributed by atoms with E-state index in [0.717, 1.165) is 0 Å². The van der Waals surface area contributed by atoms with Crippen LogP contribution >= 0.6 is 0 Å². The number of nitro benzene ring substituents is 1. The average Bonchev–Trinajstić information content (AvgIpc) is 2.36. The number of nitrogens with zero attached hydrogens (tertiary/aromatic N) is 1. The minimum atomic E-state index is -0.988. The minimum Gasteiger partial charge on any atom is -0.459 e. The molecular formula is C12H13NO7. The van der Waals surface area contributed by atoms with E-state index in [0.29, 0.717) is 0 Å². The van der Waals surface area contributed by atoms with E-state index >= 15 is 0 Å². The number of non-ortho nitro benzene ring substituents is 1. The fraction of sp³-hybridized carbons (Fsp3) is 0.333. The van der Waals surface area contributed by atoms with Crippen molar-refractivity contribution in [3.63, 3.8) is 0 Å². The van der Waals surface area contributed by atoms with Crippen molar-refractivity contribution in [1.82, 2.24) is 0 Å². The third kappa shape index (κ3) is 5.34. The zero-order chi connectivity index (χ0) is 15.1. The molecule has 0 spiro atoms. The Morgan fingerprint density at radius 1 is 1.30 bits per heavy atom. The van der Waals surface area contributed by atoms with Gasteiger partial charge in [0.15, 0.2) is 0 Å². The topological polar surface area (TPSA) is 105 Å². The molecule has 0 saturated heterocycles. The van der Waals surface area contributed by atoms with Crippen LogP contribution in [0.5, 0.6) is 5.75 Å². The van der Waals surface area contributed by atoms with Crippen LogP contribution in [-0.2, 0) is 14.3 Å². The molecule has 108 valence electrons. The molecular weight excluding hydrogens is 270 g/mol. The predicted molar refractivity (Wildman–Crippen MR) is 66.3 cm³/mol. The number of nitro groups is 1. The molecule has 0 heterocycles. The van der Waals surface area contributed by atoms with Crippen molar-refractivity contribution >= 4 is 17.8 Å². The van der Waals surface area contributed by atoms with Gasteiger partial charge >= 0.3 is 12.1 Å². The van der Waals surface area contributed by atoms with Gasteiger partial charge in [-0.2, -0.15) is 0 Å². The zero-order valence-corrected chi connectivity index (χ0v) is 10.9. The molecule has 1 atom stereocenters. The van der Waals surface area contributed by atoms with Crippen LogP contribution in [-0.4, -0.2) is 29.8 Å². The third-order valence-electron chi connectivity index (χ3n) is 2.05. The van der Waals surface area contributed by atoms with Crippen molar-refractivity contribution in [2.75, 3.05) is 6.61 Å². The van der Waals surface area contributed by atoms with Crippen molar-refractivity contribution in [2.45, 2.75) is 20.0 Å². The first kappa shape index (κ1) is 15.4. The average molecular weight is 283 g/mol. The number of benzene rings is 1. The lowest BCUT2D eigenvalue weighted by Crippen LogP contribution is -2.22. The lowest BCUT2D eigenvalue weighted by atomic mass is 10.3. The fourth-order valence-corrected chi connectivity index (χ4v) is 1.26. The number of carbonyl (C=O) groups excluding carboxylic acids is 2. The quantitative estimate of drug-likeness (QED) is 0.352. The first-order valence-corrected chi connectivity index (χ1v) is 5.64. The van der Waals surface area contributed by atoms with Crippen LogP contribution in [0, 0.1) is 10.1 Å². The summed E-state index contributed by atoms with van der Waals surface area (Å²) in [4.78, 5) is 31.8. The van der Waals surface area contributed by atoms with Crippen LogP contribution in [0.3, 0.4) is 0 Å². The van der Waals surface area contributed by atoms with Crippen LogP contribution in [0.2, 0.25) is 0 Å². The Bertz CT molecular complexity index is 497. The minimum absolute atomic E-state index is 0.112. The van der Waals surface area contributed by atoms with Crippen molar-refractivity contribution in [3.05, 3.63) is 34.4 Å². The molecule has 1 unspecified atom stereocenters. The van der Waals surface area contributed by atoms with Gasteiger partial charge in [-0.1, -0.05) is 0 Å². The maximum absolute atomic E-state index is 11.3. The molecule has 0 aromatic heterocycles. The summed E-state index contributed by atoms with van der Waals surface area (Å²) in [5.74, 6) is -0.370. The molecule has 1 aromatic carbocycles. The standard InChI is InChI=1S/C12H13NO7/c1-8(19-9(2)14)7-18-12(15)20-11-5-3-10(4-6-11)13(16)17/h3-6,8H,7H2,1-2H3. The molecule has 0 aliphatic carbocycles. The van der Waals surface area contributed by atoms with Crippen molar-refractivity contribution in [3.8, 4) is 5.75 Å². The van der Waals surface area contributed by atoms with Gasteiger partial charge in [-0.05, 0) is 19.1 Å². The number of ether oxygens (including phenoxy) is 3. The van der Waals surface area contributed by atoms with Gasteiger partial charge in [0, 0.05) is 19.1 Å². The lowest BCUT2D eigenvalue weighted by molar-refractivity contribution is -0.384. The van der Waals surface area contributed by atoms with Gasteiger partial charge in [0.05, 0.1) is 4.92 Å². The van der Waals surface area contributed by atoms with E-state index in [9.17, 15) is 19.7 Å². The first-order valence-electron chi connectivity index (χ1n) is 5.64. The summed E-state index contributed by atoms with van der Waals surface area (Å²) >= 11 is 0. The maximum atomic E-state index is 11.3. The van der Waals surface area contributed by atoms with Crippen LogP contribution in [0.4, 0.5) is 10.5 Å². The highest BCUT2D eigenvalue weighted by Gasteiger charge is 2.12.